The normalized spacial score (nSPS) is 14.0. The van der Waals surface area contributed by atoms with E-state index >= 15 is 0 Å². The fourth-order valence-corrected chi connectivity index (χ4v) is 1.73. The van der Waals surface area contributed by atoms with Gasteiger partial charge in [-0.15, -0.1) is 0 Å². The summed E-state index contributed by atoms with van der Waals surface area (Å²) in [5, 5.41) is 0.371. The van der Waals surface area contributed by atoms with Crippen molar-refractivity contribution in [3.8, 4) is 5.75 Å². The number of allylic oxidation sites excluding steroid dienone is 4. The van der Waals surface area contributed by atoms with Crippen molar-refractivity contribution >= 4 is 29.0 Å². The molecule has 0 amide bonds. The van der Waals surface area contributed by atoms with Crippen molar-refractivity contribution in [2.75, 3.05) is 5.73 Å². The molecule has 128 valence electrons. The van der Waals surface area contributed by atoms with Crippen molar-refractivity contribution in [1.82, 2.24) is 4.98 Å². The molecule has 0 aliphatic heterocycles. The molecule has 0 aliphatic rings. The van der Waals surface area contributed by atoms with Crippen LogP contribution in [0.3, 0.4) is 0 Å². The molecule has 0 aromatic carbocycles. The average molecular weight is 361 g/mol. The third-order valence-corrected chi connectivity index (χ3v) is 3.43. The predicted molar refractivity (Wildman–Crippen MR) is 97.6 cm³/mol. The van der Waals surface area contributed by atoms with Crippen LogP contribution in [0.4, 0.5) is 10.2 Å². The smallest absolute Gasteiger partial charge is 0.166 e. The first kappa shape index (κ1) is 21.5. The minimum Gasteiger partial charge on any atom is -0.482 e. The highest BCUT2D eigenvalue weighted by Crippen LogP contribution is 2.25. The van der Waals surface area contributed by atoms with Crippen molar-refractivity contribution in [1.29, 1.82) is 0 Å². The van der Waals surface area contributed by atoms with E-state index in [2.05, 4.69) is 4.98 Å². The van der Waals surface area contributed by atoms with E-state index in [-0.39, 0.29) is 6.10 Å². The number of halogens is 3. The van der Waals surface area contributed by atoms with E-state index in [4.69, 9.17) is 33.7 Å². The van der Waals surface area contributed by atoms with Gasteiger partial charge in [-0.05, 0) is 50.1 Å². The molecule has 0 spiro atoms. The van der Waals surface area contributed by atoms with Gasteiger partial charge in [-0.1, -0.05) is 37.0 Å². The third kappa shape index (κ3) is 7.53. The third-order valence-electron chi connectivity index (χ3n) is 2.80. The average Bonchev–Trinajstić information content (AvgIpc) is 2.56. The topological polar surface area (TPSA) is 48.1 Å². The number of nitrogen functional groups attached to an aromatic ring is 1. The van der Waals surface area contributed by atoms with Crippen LogP contribution in [0.1, 0.15) is 33.3 Å². The zero-order chi connectivity index (χ0) is 18.0. The lowest BCUT2D eigenvalue weighted by Crippen LogP contribution is -2.15. The number of anilines is 1. The number of pyridine rings is 1. The van der Waals surface area contributed by atoms with E-state index in [1.165, 1.54) is 12.2 Å². The molecule has 0 saturated carbocycles. The summed E-state index contributed by atoms with van der Waals surface area (Å²) in [6, 6.07) is 1.80. The fourth-order valence-electron chi connectivity index (χ4n) is 1.44. The van der Waals surface area contributed by atoms with E-state index in [1.54, 1.807) is 19.2 Å². The summed E-state index contributed by atoms with van der Waals surface area (Å²) in [7, 11) is 0. The first-order valence-electron chi connectivity index (χ1n) is 7.24. The molecular formula is C17H23Cl2FN2O. The summed E-state index contributed by atoms with van der Waals surface area (Å²) in [5.41, 5.74) is 8.26. The quantitative estimate of drug-likeness (QED) is 0.666. The molecule has 0 radical (unpaired) electrons. The molecule has 3 nitrogen and oxygen atoms in total. The number of nitrogens with zero attached hydrogens (tertiary/aromatic N) is 1. The van der Waals surface area contributed by atoms with Gasteiger partial charge >= 0.3 is 0 Å². The first-order chi connectivity index (χ1) is 10.8. The van der Waals surface area contributed by atoms with Crippen LogP contribution < -0.4 is 10.5 Å². The summed E-state index contributed by atoms with van der Waals surface area (Å²) in [4.78, 5) is 4.02. The van der Waals surface area contributed by atoms with Crippen LogP contribution in [0.2, 0.25) is 0 Å². The van der Waals surface area contributed by atoms with Gasteiger partial charge in [0.05, 0.1) is 0 Å². The largest absolute Gasteiger partial charge is 0.482 e. The minimum atomic E-state index is -0.580. The summed E-state index contributed by atoms with van der Waals surface area (Å²) >= 11 is 11.3. The maximum absolute atomic E-state index is 12.9. The Balaban J connectivity index is 0.00000232. The highest BCUT2D eigenvalue weighted by molar-refractivity contribution is 6.31. The Morgan fingerprint density at radius 2 is 2.00 bits per heavy atom. The summed E-state index contributed by atoms with van der Waals surface area (Å²) < 4.78 is 18.7. The van der Waals surface area contributed by atoms with Crippen LogP contribution >= 0.6 is 23.2 Å². The zero-order valence-corrected chi connectivity index (χ0v) is 15.5. The predicted octanol–water partition coefficient (Wildman–Crippen LogP) is 5.88. The number of rotatable bonds is 5. The molecule has 0 saturated heterocycles. The van der Waals surface area contributed by atoms with E-state index in [9.17, 15) is 4.39 Å². The molecule has 0 bridgehead atoms. The van der Waals surface area contributed by atoms with Crippen LogP contribution in [0.15, 0.2) is 46.4 Å². The highest BCUT2D eigenvalue weighted by Gasteiger charge is 2.12. The minimum absolute atomic E-state index is 0.308. The number of nitrogens with two attached hydrogens (primary N) is 1. The first-order valence-corrected chi connectivity index (χ1v) is 8.05. The molecule has 1 rings (SSSR count). The summed E-state index contributed by atoms with van der Waals surface area (Å²) in [5.74, 6) is 0.216. The highest BCUT2D eigenvalue weighted by atomic mass is 35.5. The van der Waals surface area contributed by atoms with Crippen LogP contribution in [0.25, 0.3) is 0 Å². The van der Waals surface area contributed by atoms with Crippen molar-refractivity contribution in [3.05, 3.63) is 51.9 Å². The van der Waals surface area contributed by atoms with Crippen molar-refractivity contribution in [3.63, 3.8) is 0 Å². The number of ether oxygens (including phenoxy) is 1. The van der Waals surface area contributed by atoms with Gasteiger partial charge in [-0.2, -0.15) is 0 Å². The second-order valence-corrected chi connectivity index (χ2v) is 5.14. The molecule has 0 fully saturated rings. The lowest BCUT2D eigenvalue weighted by Gasteiger charge is -2.17. The number of aromatic nitrogens is 1. The van der Waals surface area contributed by atoms with Crippen molar-refractivity contribution in [2.45, 2.75) is 40.7 Å². The fraction of sp³-hybridized carbons (Fsp3) is 0.353. The van der Waals surface area contributed by atoms with Crippen LogP contribution in [0.5, 0.6) is 5.75 Å². The number of aryl methyl sites for hydroxylation is 1. The summed E-state index contributed by atoms with van der Waals surface area (Å²) in [6.07, 6.45) is 3.92. The molecule has 1 aromatic rings. The SMILES string of the molecule is CC.C\C(=C(Cl)/C=C\C(F)=C\Cl)C(C)Oc1cc(C)cnc1N. The maximum atomic E-state index is 12.9. The Morgan fingerprint density at radius 1 is 1.39 bits per heavy atom. The van der Waals surface area contributed by atoms with Gasteiger partial charge in [0.1, 0.15) is 11.9 Å². The van der Waals surface area contributed by atoms with Gasteiger partial charge in [0, 0.05) is 16.8 Å². The van der Waals surface area contributed by atoms with E-state index in [1.807, 2.05) is 27.7 Å². The maximum Gasteiger partial charge on any atom is 0.166 e. The zero-order valence-electron chi connectivity index (χ0n) is 14.0. The van der Waals surface area contributed by atoms with Gasteiger partial charge in [0.2, 0.25) is 0 Å². The standard InChI is InChI=1S/C15H17Cl2FN2O.C2H6/c1-9-6-14(15(19)20-8-9)21-11(3)10(2)13(17)5-4-12(18)7-16;1-2/h4-8,11H,1-3H3,(H2,19,20);1-2H3/b5-4-,12-7-,13-10-;. The number of hydrogen-bond acceptors (Lipinski definition) is 3. The van der Waals surface area contributed by atoms with Crippen LogP contribution in [-0.2, 0) is 0 Å². The van der Waals surface area contributed by atoms with E-state index < -0.39 is 5.83 Å². The monoisotopic (exact) mass is 360 g/mol. The van der Waals surface area contributed by atoms with Gasteiger partial charge in [0.15, 0.2) is 11.6 Å². The molecule has 6 heteroatoms. The molecule has 1 heterocycles. The Morgan fingerprint density at radius 3 is 2.57 bits per heavy atom. The molecule has 1 aromatic heterocycles. The molecule has 2 N–H and O–H groups in total. The Hall–Kier alpha value is -1.52. The Bertz CT molecular complexity index is 598. The van der Waals surface area contributed by atoms with Gasteiger partial charge in [-0.25, -0.2) is 9.37 Å². The van der Waals surface area contributed by atoms with Crippen molar-refractivity contribution in [2.24, 2.45) is 0 Å². The van der Waals surface area contributed by atoms with Crippen LogP contribution in [-0.4, -0.2) is 11.1 Å². The molecule has 23 heavy (non-hydrogen) atoms. The van der Waals surface area contributed by atoms with Crippen molar-refractivity contribution < 1.29 is 9.13 Å². The van der Waals surface area contributed by atoms with E-state index in [0.717, 1.165) is 16.7 Å². The molecule has 0 aliphatic carbocycles. The van der Waals surface area contributed by atoms with Crippen LogP contribution in [0, 0.1) is 6.92 Å². The second-order valence-electron chi connectivity index (χ2n) is 4.51. The van der Waals surface area contributed by atoms with Gasteiger partial charge in [0.25, 0.3) is 0 Å². The van der Waals surface area contributed by atoms with E-state index in [0.29, 0.717) is 16.6 Å². The summed E-state index contributed by atoms with van der Waals surface area (Å²) in [6.45, 7) is 9.50. The molecule has 1 unspecified atom stereocenters. The number of hydrogen-bond donors (Lipinski definition) is 1. The Labute approximate surface area is 147 Å². The molecule has 1 atom stereocenters. The van der Waals surface area contributed by atoms with Gasteiger partial charge < -0.3 is 10.5 Å². The molecular weight excluding hydrogens is 338 g/mol. The lowest BCUT2D eigenvalue weighted by atomic mass is 10.1. The Kier molecular flexibility index (Phi) is 10.4. The lowest BCUT2D eigenvalue weighted by molar-refractivity contribution is 0.257. The second kappa shape index (κ2) is 11.1. The van der Waals surface area contributed by atoms with Gasteiger partial charge in [-0.3, -0.25) is 0 Å².